The largest absolute Gasteiger partial charge is 0.472 e. The van der Waals surface area contributed by atoms with Crippen LogP contribution in [-0.4, -0.2) is 61.1 Å². The molecule has 108 valence electrons. The average Bonchev–Trinajstić information content (AvgIpc) is 3.16. The fourth-order valence-electron chi connectivity index (χ4n) is 3.82. The van der Waals surface area contributed by atoms with E-state index >= 15 is 0 Å². The number of furan rings is 1. The van der Waals surface area contributed by atoms with E-state index in [1.807, 2.05) is 4.90 Å². The number of carbonyl (C=O) groups is 1. The Morgan fingerprint density at radius 2 is 2.25 bits per heavy atom. The summed E-state index contributed by atoms with van der Waals surface area (Å²) < 4.78 is 10.5. The van der Waals surface area contributed by atoms with Gasteiger partial charge in [0.05, 0.1) is 18.4 Å². The van der Waals surface area contributed by atoms with E-state index in [-0.39, 0.29) is 5.91 Å². The molecular formula is C15H20N2O3. The standard InChI is InChI=1S/C15H20N2O3/c18-14(12-1-5-19-7-12)16-4-3-15(9-16)10-17(11-15)13-2-6-20-8-13/h1,5,7,13H,2-4,6,8-11H2. The first-order chi connectivity index (χ1) is 9.76. The van der Waals surface area contributed by atoms with Crippen molar-refractivity contribution in [3.8, 4) is 0 Å². The van der Waals surface area contributed by atoms with E-state index in [9.17, 15) is 4.79 Å². The van der Waals surface area contributed by atoms with E-state index in [2.05, 4.69) is 4.90 Å². The first-order valence-corrected chi connectivity index (χ1v) is 7.39. The predicted octanol–water partition coefficient (Wildman–Crippen LogP) is 1.22. The molecule has 3 fully saturated rings. The van der Waals surface area contributed by atoms with E-state index in [4.69, 9.17) is 9.15 Å². The molecule has 4 rings (SSSR count). The molecule has 1 unspecified atom stereocenters. The van der Waals surface area contributed by atoms with Gasteiger partial charge in [0, 0.05) is 44.2 Å². The number of hydrogen-bond acceptors (Lipinski definition) is 4. The highest BCUT2D eigenvalue weighted by molar-refractivity contribution is 5.94. The Kier molecular flexibility index (Phi) is 2.86. The first-order valence-electron chi connectivity index (χ1n) is 7.39. The number of rotatable bonds is 2. The van der Waals surface area contributed by atoms with Crippen molar-refractivity contribution in [3.63, 3.8) is 0 Å². The lowest BCUT2D eigenvalue weighted by atomic mass is 9.78. The van der Waals surface area contributed by atoms with Crippen LogP contribution < -0.4 is 0 Å². The van der Waals surface area contributed by atoms with Crippen molar-refractivity contribution in [1.82, 2.24) is 9.80 Å². The molecule has 1 atom stereocenters. The number of amides is 1. The van der Waals surface area contributed by atoms with Crippen molar-refractivity contribution < 1.29 is 13.9 Å². The second-order valence-electron chi connectivity index (χ2n) is 6.41. The molecule has 4 heterocycles. The zero-order valence-electron chi connectivity index (χ0n) is 11.6. The molecule has 5 nitrogen and oxygen atoms in total. The lowest BCUT2D eigenvalue weighted by Gasteiger charge is -2.50. The topological polar surface area (TPSA) is 45.9 Å². The fraction of sp³-hybridized carbons (Fsp3) is 0.667. The molecule has 5 heteroatoms. The van der Waals surface area contributed by atoms with Gasteiger partial charge < -0.3 is 14.1 Å². The van der Waals surface area contributed by atoms with Crippen LogP contribution in [0.25, 0.3) is 0 Å². The van der Waals surface area contributed by atoms with Crippen molar-refractivity contribution in [2.75, 3.05) is 39.4 Å². The number of carbonyl (C=O) groups excluding carboxylic acids is 1. The van der Waals surface area contributed by atoms with Crippen molar-refractivity contribution in [3.05, 3.63) is 24.2 Å². The van der Waals surface area contributed by atoms with Gasteiger partial charge in [-0.15, -0.1) is 0 Å². The predicted molar refractivity (Wildman–Crippen MR) is 72.5 cm³/mol. The van der Waals surface area contributed by atoms with Crippen LogP contribution in [0.3, 0.4) is 0 Å². The molecule has 0 aromatic carbocycles. The molecule has 3 aliphatic heterocycles. The van der Waals surface area contributed by atoms with Crippen molar-refractivity contribution >= 4 is 5.91 Å². The van der Waals surface area contributed by atoms with Gasteiger partial charge in [-0.25, -0.2) is 0 Å². The van der Waals surface area contributed by atoms with Gasteiger partial charge in [-0.3, -0.25) is 9.69 Å². The highest BCUT2D eigenvalue weighted by Crippen LogP contribution is 2.41. The Bertz CT molecular complexity index is 487. The van der Waals surface area contributed by atoms with E-state index in [0.717, 1.165) is 52.2 Å². The highest BCUT2D eigenvalue weighted by atomic mass is 16.5. The smallest absolute Gasteiger partial charge is 0.257 e. The molecule has 3 aliphatic rings. The normalized spacial score (nSPS) is 29.0. The number of hydrogen-bond donors (Lipinski definition) is 0. The van der Waals surface area contributed by atoms with Crippen LogP contribution in [0.5, 0.6) is 0 Å². The molecule has 1 amide bonds. The molecule has 20 heavy (non-hydrogen) atoms. The summed E-state index contributed by atoms with van der Waals surface area (Å²) in [7, 11) is 0. The quantitative estimate of drug-likeness (QED) is 0.814. The maximum absolute atomic E-state index is 12.3. The Morgan fingerprint density at radius 1 is 1.35 bits per heavy atom. The summed E-state index contributed by atoms with van der Waals surface area (Å²) in [6.45, 7) is 5.79. The van der Waals surface area contributed by atoms with Crippen molar-refractivity contribution in [2.45, 2.75) is 18.9 Å². The second kappa shape index (κ2) is 4.60. The Hall–Kier alpha value is -1.33. The van der Waals surface area contributed by atoms with Gasteiger partial charge in [0.25, 0.3) is 5.91 Å². The van der Waals surface area contributed by atoms with Gasteiger partial charge in [-0.05, 0) is 18.9 Å². The van der Waals surface area contributed by atoms with Crippen LogP contribution in [0.1, 0.15) is 23.2 Å². The Morgan fingerprint density at radius 3 is 2.95 bits per heavy atom. The Balaban J connectivity index is 1.36. The van der Waals surface area contributed by atoms with Crippen LogP contribution in [0, 0.1) is 5.41 Å². The lowest BCUT2D eigenvalue weighted by Crippen LogP contribution is -2.61. The monoisotopic (exact) mass is 276 g/mol. The molecular weight excluding hydrogens is 256 g/mol. The van der Waals surface area contributed by atoms with Gasteiger partial charge in [0.2, 0.25) is 0 Å². The fourth-order valence-corrected chi connectivity index (χ4v) is 3.82. The van der Waals surface area contributed by atoms with Crippen LogP contribution in [0.4, 0.5) is 0 Å². The SMILES string of the molecule is O=C(c1ccoc1)N1CCC2(C1)CN(C1CCOC1)C2. The van der Waals surface area contributed by atoms with Gasteiger partial charge in [-0.1, -0.05) is 0 Å². The van der Waals surface area contributed by atoms with E-state index in [1.54, 1.807) is 12.3 Å². The van der Waals surface area contributed by atoms with Gasteiger partial charge in [0.15, 0.2) is 0 Å². The summed E-state index contributed by atoms with van der Waals surface area (Å²) in [4.78, 5) is 16.8. The van der Waals surface area contributed by atoms with Gasteiger partial charge >= 0.3 is 0 Å². The summed E-state index contributed by atoms with van der Waals surface area (Å²) in [5, 5.41) is 0. The molecule has 1 aromatic heterocycles. The summed E-state index contributed by atoms with van der Waals surface area (Å²) in [6.07, 6.45) is 5.38. The minimum Gasteiger partial charge on any atom is -0.472 e. The summed E-state index contributed by atoms with van der Waals surface area (Å²) >= 11 is 0. The van der Waals surface area contributed by atoms with Gasteiger partial charge in [-0.2, -0.15) is 0 Å². The van der Waals surface area contributed by atoms with E-state index in [0.29, 0.717) is 17.0 Å². The minimum atomic E-state index is 0.110. The van der Waals surface area contributed by atoms with Crippen LogP contribution in [-0.2, 0) is 4.74 Å². The third-order valence-electron chi connectivity index (χ3n) is 4.99. The van der Waals surface area contributed by atoms with Crippen LogP contribution in [0.2, 0.25) is 0 Å². The number of likely N-dealkylation sites (tertiary alicyclic amines) is 2. The summed E-state index contributed by atoms with van der Waals surface area (Å²) in [5.41, 5.74) is 1.00. The van der Waals surface area contributed by atoms with Crippen molar-refractivity contribution in [2.24, 2.45) is 5.41 Å². The molecule has 0 aliphatic carbocycles. The molecule has 0 radical (unpaired) electrons. The lowest BCUT2D eigenvalue weighted by molar-refractivity contribution is -0.0251. The third-order valence-corrected chi connectivity index (χ3v) is 4.99. The molecule has 0 saturated carbocycles. The van der Waals surface area contributed by atoms with Gasteiger partial charge in [0.1, 0.15) is 6.26 Å². The Labute approximate surface area is 118 Å². The summed E-state index contributed by atoms with van der Waals surface area (Å²) in [5.74, 6) is 0.110. The highest BCUT2D eigenvalue weighted by Gasteiger charge is 2.50. The molecule has 0 N–H and O–H groups in total. The minimum absolute atomic E-state index is 0.110. The maximum Gasteiger partial charge on any atom is 0.257 e. The molecule has 1 aromatic rings. The zero-order valence-corrected chi connectivity index (χ0v) is 11.6. The third kappa shape index (κ3) is 1.96. The molecule has 0 bridgehead atoms. The zero-order chi connectivity index (χ0) is 13.6. The molecule has 3 saturated heterocycles. The second-order valence-corrected chi connectivity index (χ2v) is 6.41. The first kappa shape index (κ1) is 12.4. The number of ether oxygens (including phenoxy) is 1. The summed E-state index contributed by atoms with van der Waals surface area (Å²) in [6, 6.07) is 2.36. The van der Waals surface area contributed by atoms with Crippen molar-refractivity contribution in [1.29, 1.82) is 0 Å². The van der Waals surface area contributed by atoms with Crippen LogP contribution in [0.15, 0.2) is 23.0 Å². The van der Waals surface area contributed by atoms with Crippen LogP contribution >= 0.6 is 0 Å². The van der Waals surface area contributed by atoms with E-state index < -0.39 is 0 Å². The van der Waals surface area contributed by atoms with E-state index in [1.165, 1.54) is 6.26 Å². The molecule has 1 spiro atoms. The average molecular weight is 276 g/mol. The number of nitrogens with zero attached hydrogens (tertiary/aromatic N) is 2. The maximum atomic E-state index is 12.3.